The number of nitrogens with zero attached hydrogens (tertiary/aromatic N) is 1. The van der Waals surface area contributed by atoms with Crippen LogP contribution in [-0.2, 0) is 0 Å². The highest BCUT2D eigenvalue weighted by Gasteiger charge is 1.99. The molecule has 10 heavy (non-hydrogen) atoms. The quantitative estimate of drug-likeness (QED) is 0.484. The summed E-state index contributed by atoms with van der Waals surface area (Å²) in [5, 5.41) is 0. The van der Waals surface area contributed by atoms with Crippen LogP contribution in [0.2, 0.25) is 0 Å². The molecule has 0 saturated heterocycles. The Morgan fingerprint density at radius 2 is 2.00 bits per heavy atom. The van der Waals surface area contributed by atoms with Crippen LogP contribution in [0.15, 0.2) is 28.4 Å². The van der Waals surface area contributed by atoms with Gasteiger partial charge in [-0.3, -0.25) is 4.99 Å². The van der Waals surface area contributed by atoms with E-state index in [9.17, 15) is 0 Å². The molecule has 1 heteroatoms. The van der Waals surface area contributed by atoms with E-state index in [1.54, 1.807) is 0 Å². The lowest BCUT2D eigenvalue weighted by Gasteiger charge is -1.98. The molecule has 0 N–H and O–H groups in total. The third-order valence-electron chi connectivity index (χ3n) is 1.72. The number of hydrogen-bond donors (Lipinski definition) is 0. The highest BCUT2D eigenvalue weighted by Crippen LogP contribution is 2.13. The van der Waals surface area contributed by atoms with Crippen molar-refractivity contribution in [2.45, 2.75) is 20.8 Å². The Bertz CT molecular complexity index is 209. The molecule has 0 aliphatic carbocycles. The monoisotopic (exact) mass is 135 g/mol. The van der Waals surface area contributed by atoms with Crippen LogP contribution in [0.5, 0.6) is 0 Å². The highest BCUT2D eigenvalue weighted by molar-refractivity contribution is 5.65. The van der Waals surface area contributed by atoms with Gasteiger partial charge in [0, 0.05) is 18.3 Å². The number of hydrogen-bond acceptors (Lipinski definition) is 1. The molecule has 1 heterocycles. The van der Waals surface area contributed by atoms with Gasteiger partial charge in [0.2, 0.25) is 0 Å². The Balaban J connectivity index is 2.90. The average molecular weight is 135 g/mol. The Labute approximate surface area is 62.2 Å². The van der Waals surface area contributed by atoms with E-state index in [4.69, 9.17) is 0 Å². The summed E-state index contributed by atoms with van der Waals surface area (Å²) in [6, 6.07) is 0. The Hall–Kier alpha value is -0.850. The van der Waals surface area contributed by atoms with E-state index in [2.05, 4.69) is 31.8 Å². The second-order valence-electron chi connectivity index (χ2n) is 2.82. The smallest absolute Gasteiger partial charge is 0.0295 e. The summed E-state index contributed by atoms with van der Waals surface area (Å²) in [6.45, 7) is 6.34. The predicted molar refractivity (Wildman–Crippen MR) is 45.2 cm³/mol. The minimum absolute atomic E-state index is 0.480. The minimum atomic E-state index is 0.480. The van der Waals surface area contributed by atoms with E-state index in [0.717, 1.165) is 0 Å². The van der Waals surface area contributed by atoms with Gasteiger partial charge in [-0.25, -0.2) is 0 Å². The van der Waals surface area contributed by atoms with Crippen LogP contribution in [0, 0.1) is 5.92 Å². The van der Waals surface area contributed by atoms with E-state index < -0.39 is 0 Å². The lowest BCUT2D eigenvalue weighted by Crippen LogP contribution is -1.89. The van der Waals surface area contributed by atoms with Crippen molar-refractivity contribution in [3.05, 3.63) is 23.4 Å². The number of aliphatic imine (C=N–C) groups is 1. The average Bonchev–Trinajstić information content (AvgIpc) is 1.96. The van der Waals surface area contributed by atoms with Gasteiger partial charge in [0.05, 0.1) is 0 Å². The van der Waals surface area contributed by atoms with Crippen molar-refractivity contribution in [1.29, 1.82) is 0 Å². The zero-order chi connectivity index (χ0) is 7.56. The summed E-state index contributed by atoms with van der Waals surface area (Å²) in [4.78, 5) is 4.14. The highest BCUT2D eigenvalue weighted by atomic mass is 14.7. The zero-order valence-corrected chi connectivity index (χ0v) is 6.76. The van der Waals surface area contributed by atoms with Crippen molar-refractivity contribution in [2.75, 3.05) is 0 Å². The Morgan fingerprint density at radius 1 is 1.30 bits per heavy atom. The first kappa shape index (κ1) is 7.26. The topological polar surface area (TPSA) is 12.4 Å². The molecule has 0 aromatic rings. The summed E-state index contributed by atoms with van der Waals surface area (Å²) in [5.74, 6) is 0.480. The Kier molecular flexibility index (Phi) is 2.05. The normalized spacial score (nSPS) is 25.3. The van der Waals surface area contributed by atoms with Gasteiger partial charge in [0.25, 0.3) is 0 Å². The fourth-order valence-corrected chi connectivity index (χ4v) is 0.961. The third kappa shape index (κ3) is 1.56. The van der Waals surface area contributed by atoms with Gasteiger partial charge in [-0.15, -0.1) is 0 Å². The lowest BCUT2D eigenvalue weighted by atomic mass is 10.1. The molecule has 1 aliphatic rings. The van der Waals surface area contributed by atoms with Gasteiger partial charge >= 0.3 is 0 Å². The summed E-state index contributed by atoms with van der Waals surface area (Å²) >= 11 is 0. The molecule has 0 aromatic heterocycles. The summed E-state index contributed by atoms with van der Waals surface area (Å²) in [5.41, 5.74) is 2.60. The Morgan fingerprint density at radius 3 is 2.70 bits per heavy atom. The molecule has 0 spiro atoms. The van der Waals surface area contributed by atoms with Gasteiger partial charge in [0.1, 0.15) is 0 Å². The molecule has 0 saturated carbocycles. The first-order valence-electron chi connectivity index (χ1n) is 3.59. The van der Waals surface area contributed by atoms with Crippen LogP contribution in [-0.4, -0.2) is 6.21 Å². The van der Waals surface area contributed by atoms with Gasteiger partial charge in [-0.2, -0.15) is 0 Å². The SMILES string of the molecule is CC1=CN=CC(C)C=C1C. The van der Waals surface area contributed by atoms with Crippen molar-refractivity contribution in [3.63, 3.8) is 0 Å². The maximum absolute atomic E-state index is 4.14. The fraction of sp³-hybridized carbons (Fsp3) is 0.444. The minimum Gasteiger partial charge on any atom is -0.268 e. The second kappa shape index (κ2) is 2.82. The van der Waals surface area contributed by atoms with Gasteiger partial charge in [0.15, 0.2) is 0 Å². The zero-order valence-electron chi connectivity index (χ0n) is 6.76. The van der Waals surface area contributed by atoms with Crippen LogP contribution in [0.1, 0.15) is 20.8 Å². The lowest BCUT2D eigenvalue weighted by molar-refractivity contribution is 1.01. The summed E-state index contributed by atoms with van der Waals surface area (Å²) in [7, 11) is 0. The van der Waals surface area contributed by atoms with Gasteiger partial charge in [-0.05, 0) is 19.4 Å². The fourth-order valence-electron chi connectivity index (χ4n) is 0.961. The third-order valence-corrected chi connectivity index (χ3v) is 1.72. The van der Waals surface area contributed by atoms with E-state index in [0.29, 0.717) is 5.92 Å². The molecule has 0 bridgehead atoms. The molecule has 0 amide bonds. The molecule has 1 nitrogen and oxygen atoms in total. The van der Waals surface area contributed by atoms with E-state index in [1.807, 2.05) is 12.4 Å². The van der Waals surface area contributed by atoms with Crippen LogP contribution in [0.3, 0.4) is 0 Å². The van der Waals surface area contributed by atoms with Crippen LogP contribution in [0.25, 0.3) is 0 Å². The maximum Gasteiger partial charge on any atom is 0.0295 e. The first-order chi connectivity index (χ1) is 4.70. The van der Waals surface area contributed by atoms with Crippen LogP contribution in [0.4, 0.5) is 0 Å². The molecule has 1 aliphatic heterocycles. The molecule has 1 unspecified atom stereocenters. The number of rotatable bonds is 0. The van der Waals surface area contributed by atoms with Crippen molar-refractivity contribution < 1.29 is 0 Å². The molecule has 0 fully saturated rings. The van der Waals surface area contributed by atoms with Gasteiger partial charge < -0.3 is 0 Å². The molecular weight excluding hydrogens is 122 g/mol. The molecule has 1 atom stereocenters. The predicted octanol–water partition coefficient (Wildman–Crippen LogP) is 2.56. The molecule has 54 valence electrons. The van der Waals surface area contributed by atoms with Crippen LogP contribution < -0.4 is 0 Å². The number of allylic oxidation sites excluding steroid dienone is 3. The molecule has 0 radical (unpaired) electrons. The molecule has 0 aromatic carbocycles. The maximum atomic E-state index is 4.14. The second-order valence-corrected chi connectivity index (χ2v) is 2.82. The van der Waals surface area contributed by atoms with E-state index >= 15 is 0 Å². The van der Waals surface area contributed by atoms with Crippen molar-refractivity contribution in [1.82, 2.24) is 0 Å². The van der Waals surface area contributed by atoms with Gasteiger partial charge in [-0.1, -0.05) is 18.6 Å². The van der Waals surface area contributed by atoms with Crippen molar-refractivity contribution >= 4 is 6.21 Å². The summed E-state index contributed by atoms with van der Waals surface area (Å²) < 4.78 is 0. The largest absolute Gasteiger partial charge is 0.268 e. The first-order valence-corrected chi connectivity index (χ1v) is 3.59. The van der Waals surface area contributed by atoms with E-state index in [-0.39, 0.29) is 0 Å². The van der Waals surface area contributed by atoms with Crippen LogP contribution >= 0.6 is 0 Å². The van der Waals surface area contributed by atoms with Crippen molar-refractivity contribution in [2.24, 2.45) is 10.9 Å². The summed E-state index contributed by atoms with van der Waals surface area (Å²) in [6.07, 6.45) is 6.09. The van der Waals surface area contributed by atoms with Crippen molar-refractivity contribution in [3.8, 4) is 0 Å². The standard InChI is InChI=1S/C9H13N/c1-7-4-8(2)9(3)6-10-5-7/h4-7H,1-3H3. The molecule has 1 rings (SSSR count). The molecular formula is C9H13N. The van der Waals surface area contributed by atoms with E-state index in [1.165, 1.54) is 11.1 Å².